The molecule has 3 amide bonds. The molecule has 2 aliphatic rings. The molecule has 0 unspecified atom stereocenters. The smallest absolute Gasteiger partial charge is 0.324 e. The number of carbonyl (C=O) groups excluding carboxylic acids is 2. The number of amides is 3. The van der Waals surface area contributed by atoms with Gasteiger partial charge in [-0.1, -0.05) is 31.5 Å². The Labute approximate surface area is 177 Å². The molecule has 4 rings (SSSR count). The average molecular weight is 435 g/mol. The van der Waals surface area contributed by atoms with Gasteiger partial charge in [0.05, 0.1) is 11.9 Å². The van der Waals surface area contributed by atoms with Gasteiger partial charge in [0.25, 0.3) is 5.56 Å². The van der Waals surface area contributed by atoms with E-state index < -0.39 is 0 Å². The molecule has 29 heavy (non-hydrogen) atoms. The van der Waals surface area contributed by atoms with E-state index in [1.165, 1.54) is 15.3 Å². The van der Waals surface area contributed by atoms with Crippen LogP contribution in [0.4, 0.5) is 4.79 Å². The average Bonchev–Trinajstić information content (AvgIpc) is 3.37. The van der Waals surface area contributed by atoms with E-state index in [1.807, 2.05) is 4.57 Å². The SMILES string of the molecule is CCCCCn1c(SCCCN2C(=O)CNC2=O)nc2sc3c(c2c1=O)CCC3. The summed E-state index contributed by atoms with van der Waals surface area (Å²) in [5, 5.41) is 4.13. The Morgan fingerprint density at radius 1 is 1.14 bits per heavy atom. The second-order valence-electron chi connectivity index (χ2n) is 7.50. The fourth-order valence-corrected chi connectivity index (χ4v) is 6.20. The molecule has 156 valence electrons. The van der Waals surface area contributed by atoms with Crippen molar-refractivity contribution < 1.29 is 9.59 Å². The Morgan fingerprint density at radius 3 is 2.76 bits per heavy atom. The van der Waals surface area contributed by atoms with E-state index in [2.05, 4.69) is 12.2 Å². The predicted molar refractivity (Wildman–Crippen MR) is 116 cm³/mol. The van der Waals surface area contributed by atoms with Crippen LogP contribution in [0.15, 0.2) is 9.95 Å². The number of aromatic nitrogens is 2. The van der Waals surface area contributed by atoms with Gasteiger partial charge in [0.2, 0.25) is 5.91 Å². The maximum Gasteiger partial charge on any atom is 0.324 e. The van der Waals surface area contributed by atoms with E-state index in [1.54, 1.807) is 23.1 Å². The lowest BCUT2D eigenvalue weighted by Gasteiger charge is -2.14. The van der Waals surface area contributed by atoms with Gasteiger partial charge in [-0.2, -0.15) is 0 Å². The highest BCUT2D eigenvalue weighted by Crippen LogP contribution is 2.35. The second kappa shape index (κ2) is 8.87. The maximum atomic E-state index is 13.3. The molecule has 0 aromatic carbocycles. The van der Waals surface area contributed by atoms with Crippen LogP contribution in [0.25, 0.3) is 10.2 Å². The van der Waals surface area contributed by atoms with Gasteiger partial charge in [-0.15, -0.1) is 11.3 Å². The van der Waals surface area contributed by atoms with E-state index in [4.69, 9.17) is 4.98 Å². The number of hydrogen-bond donors (Lipinski definition) is 1. The zero-order chi connectivity index (χ0) is 20.4. The minimum Gasteiger partial charge on any atom is -0.329 e. The van der Waals surface area contributed by atoms with Crippen molar-refractivity contribution in [2.45, 2.75) is 63.6 Å². The van der Waals surface area contributed by atoms with E-state index >= 15 is 0 Å². The molecule has 0 spiro atoms. The highest BCUT2D eigenvalue weighted by Gasteiger charge is 2.28. The zero-order valence-corrected chi connectivity index (χ0v) is 18.3. The number of rotatable bonds is 9. The Balaban J connectivity index is 1.52. The molecule has 9 heteroatoms. The van der Waals surface area contributed by atoms with E-state index in [-0.39, 0.29) is 24.0 Å². The number of imide groups is 1. The van der Waals surface area contributed by atoms with Crippen LogP contribution in [0.1, 0.15) is 49.5 Å². The first-order valence-electron chi connectivity index (χ1n) is 10.4. The number of fused-ring (bicyclic) bond motifs is 3. The lowest BCUT2D eigenvalue weighted by Crippen LogP contribution is -2.32. The first kappa shape index (κ1) is 20.4. The molecule has 0 radical (unpaired) electrons. The summed E-state index contributed by atoms with van der Waals surface area (Å²) in [6.45, 7) is 3.33. The maximum absolute atomic E-state index is 13.3. The van der Waals surface area contributed by atoms with Crippen LogP contribution in [0.5, 0.6) is 0 Å². The van der Waals surface area contributed by atoms with Gasteiger partial charge in [0.15, 0.2) is 5.16 Å². The van der Waals surface area contributed by atoms with Crippen molar-refractivity contribution in [2.75, 3.05) is 18.8 Å². The number of thiophene rings is 1. The molecule has 1 fully saturated rings. The van der Waals surface area contributed by atoms with Gasteiger partial charge < -0.3 is 5.32 Å². The summed E-state index contributed by atoms with van der Waals surface area (Å²) in [5.74, 6) is 0.526. The molecule has 0 saturated carbocycles. The standard InChI is InChI=1S/C20H26N4O3S2/c1-2-3-4-9-24-18(26)16-13-7-5-8-14(13)29-17(16)22-20(24)28-11-6-10-23-15(25)12-21-19(23)27/h2-12H2,1H3,(H,21,27). The number of nitrogens with one attached hydrogen (secondary N) is 1. The lowest BCUT2D eigenvalue weighted by atomic mass is 10.2. The molecule has 2 aromatic heterocycles. The molecule has 0 bridgehead atoms. The minimum absolute atomic E-state index is 0.0875. The van der Waals surface area contributed by atoms with Crippen molar-refractivity contribution in [2.24, 2.45) is 0 Å². The highest BCUT2D eigenvalue weighted by molar-refractivity contribution is 7.99. The first-order valence-corrected chi connectivity index (χ1v) is 12.2. The van der Waals surface area contributed by atoms with Crippen LogP contribution in [-0.2, 0) is 24.2 Å². The third-order valence-corrected chi connectivity index (χ3v) is 7.72. The molecule has 2 aromatic rings. The van der Waals surface area contributed by atoms with Crippen molar-refractivity contribution >= 4 is 45.3 Å². The Hall–Kier alpha value is -1.87. The summed E-state index contributed by atoms with van der Waals surface area (Å²) in [4.78, 5) is 44.9. The van der Waals surface area contributed by atoms with Crippen LogP contribution >= 0.6 is 23.1 Å². The summed E-state index contributed by atoms with van der Waals surface area (Å²) in [7, 11) is 0. The van der Waals surface area contributed by atoms with Crippen molar-refractivity contribution in [3.63, 3.8) is 0 Å². The Kier molecular flexibility index (Phi) is 6.24. The molecule has 0 atom stereocenters. The van der Waals surface area contributed by atoms with Crippen LogP contribution in [0.2, 0.25) is 0 Å². The molecule has 3 heterocycles. The minimum atomic E-state index is -0.316. The summed E-state index contributed by atoms with van der Waals surface area (Å²) in [5.41, 5.74) is 1.32. The molecule has 1 aliphatic heterocycles. The van der Waals surface area contributed by atoms with Gasteiger partial charge in [0, 0.05) is 23.7 Å². The van der Waals surface area contributed by atoms with E-state index in [9.17, 15) is 14.4 Å². The van der Waals surface area contributed by atoms with E-state index in [0.29, 0.717) is 25.3 Å². The Bertz CT molecular complexity index is 982. The van der Waals surface area contributed by atoms with Gasteiger partial charge in [-0.25, -0.2) is 9.78 Å². The van der Waals surface area contributed by atoms with Crippen LogP contribution in [-0.4, -0.2) is 45.2 Å². The monoisotopic (exact) mass is 434 g/mol. The van der Waals surface area contributed by atoms with Gasteiger partial charge >= 0.3 is 6.03 Å². The quantitative estimate of drug-likeness (QED) is 0.284. The fraction of sp³-hybridized carbons (Fsp3) is 0.600. The normalized spacial score (nSPS) is 16.1. The van der Waals surface area contributed by atoms with Gasteiger partial charge in [-0.3, -0.25) is 19.1 Å². The fourth-order valence-electron chi connectivity index (χ4n) is 3.95. The molecule has 1 N–H and O–H groups in total. The number of thioether (sulfide) groups is 1. The summed E-state index contributed by atoms with van der Waals surface area (Å²) >= 11 is 3.22. The number of urea groups is 1. The highest BCUT2D eigenvalue weighted by atomic mass is 32.2. The molecule has 7 nitrogen and oxygen atoms in total. The van der Waals surface area contributed by atoms with Crippen molar-refractivity contribution in [3.05, 3.63) is 20.8 Å². The molecule has 1 saturated heterocycles. The molecule has 1 aliphatic carbocycles. The van der Waals surface area contributed by atoms with Crippen LogP contribution in [0.3, 0.4) is 0 Å². The third kappa shape index (κ3) is 4.07. The predicted octanol–water partition coefficient (Wildman–Crippen LogP) is 3.17. The van der Waals surface area contributed by atoms with Crippen molar-refractivity contribution in [1.29, 1.82) is 0 Å². The van der Waals surface area contributed by atoms with E-state index in [0.717, 1.165) is 53.9 Å². The first-order chi connectivity index (χ1) is 14.1. The molecular weight excluding hydrogens is 408 g/mol. The van der Waals surface area contributed by atoms with Gasteiger partial charge in [0.1, 0.15) is 4.83 Å². The number of aryl methyl sites for hydroxylation is 2. The molecular formula is C20H26N4O3S2. The van der Waals surface area contributed by atoms with Crippen LogP contribution in [0, 0.1) is 0 Å². The number of carbonyl (C=O) groups is 2. The topological polar surface area (TPSA) is 84.3 Å². The van der Waals surface area contributed by atoms with Crippen LogP contribution < -0.4 is 10.9 Å². The second-order valence-corrected chi connectivity index (χ2v) is 9.65. The Morgan fingerprint density at radius 2 is 2.00 bits per heavy atom. The summed E-state index contributed by atoms with van der Waals surface area (Å²) in [6.07, 6.45) is 7.00. The number of hydrogen-bond acceptors (Lipinski definition) is 6. The summed E-state index contributed by atoms with van der Waals surface area (Å²) < 4.78 is 1.85. The van der Waals surface area contributed by atoms with Crippen molar-refractivity contribution in [3.8, 4) is 0 Å². The lowest BCUT2D eigenvalue weighted by molar-refractivity contribution is -0.124. The third-order valence-electron chi connectivity index (χ3n) is 5.47. The summed E-state index contributed by atoms with van der Waals surface area (Å²) in [6, 6.07) is -0.316. The number of nitrogens with zero attached hydrogens (tertiary/aromatic N) is 3. The number of unbranched alkanes of at least 4 members (excludes halogenated alkanes) is 2. The van der Waals surface area contributed by atoms with Gasteiger partial charge in [-0.05, 0) is 37.7 Å². The zero-order valence-electron chi connectivity index (χ0n) is 16.7. The largest absolute Gasteiger partial charge is 0.329 e. The van der Waals surface area contributed by atoms with Crippen molar-refractivity contribution in [1.82, 2.24) is 19.8 Å².